The number of carbonyl (C=O) groups excluding carboxylic acids is 1. The molecule has 1 aliphatic rings. The average Bonchev–Trinajstić information content (AvgIpc) is 3.20. The van der Waals surface area contributed by atoms with E-state index >= 15 is 0 Å². The van der Waals surface area contributed by atoms with Crippen molar-refractivity contribution in [2.24, 2.45) is 13.0 Å². The Morgan fingerprint density at radius 3 is 2.68 bits per heavy atom. The standard InChI is InChI=1S/C24H31N5O2/c1-16-10-18(20-13-27-29(2)15-20)11-19-12-23(26-14-22(16)19)28-24(30)17-4-6-21(7-5-17)25-8-9-31-3/h10-15,17,21,25H,4-9H2,1-3H3,(H,26,28,30). The van der Waals surface area contributed by atoms with Crippen LogP contribution in [0.4, 0.5) is 5.82 Å². The number of anilines is 1. The van der Waals surface area contributed by atoms with E-state index in [1.54, 1.807) is 11.8 Å². The third-order valence-electron chi connectivity index (χ3n) is 6.17. The van der Waals surface area contributed by atoms with Crippen LogP contribution in [0.15, 0.2) is 36.8 Å². The van der Waals surface area contributed by atoms with E-state index < -0.39 is 0 Å². The van der Waals surface area contributed by atoms with Crippen molar-refractivity contribution in [2.45, 2.75) is 38.6 Å². The number of pyridine rings is 1. The highest BCUT2D eigenvalue weighted by molar-refractivity contribution is 5.96. The van der Waals surface area contributed by atoms with Gasteiger partial charge in [-0.25, -0.2) is 4.98 Å². The Hall–Kier alpha value is -2.77. The fourth-order valence-electron chi connectivity index (χ4n) is 4.40. The van der Waals surface area contributed by atoms with E-state index in [0.29, 0.717) is 11.9 Å². The Kier molecular flexibility index (Phi) is 6.63. The Bertz CT molecular complexity index is 1050. The predicted octanol–water partition coefficient (Wildman–Crippen LogP) is 3.68. The number of nitrogens with zero attached hydrogens (tertiary/aromatic N) is 3. The Labute approximate surface area is 183 Å². The minimum Gasteiger partial charge on any atom is -0.383 e. The van der Waals surface area contributed by atoms with Gasteiger partial charge in [-0.1, -0.05) is 6.07 Å². The van der Waals surface area contributed by atoms with E-state index in [0.717, 1.165) is 66.3 Å². The lowest BCUT2D eigenvalue weighted by Crippen LogP contribution is -2.37. The van der Waals surface area contributed by atoms with E-state index in [1.165, 1.54) is 0 Å². The van der Waals surface area contributed by atoms with Crippen LogP contribution in [0.5, 0.6) is 0 Å². The molecule has 7 nitrogen and oxygen atoms in total. The lowest BCUT2D eigenvalue weighted by atomic mass is 9.85. The number of benzene rings is 1. The van der Waals surface area contributed by atoms with Gasteiger partial charge in [0.05, 0.1) is 12.8 Å². The van der Waals surface area contributed by atoms with E-state index in [9.17, 15) is 4.79 Å². The van der Waals surface area contributed by atoms with Crippen LogP contribution in [-0.4, -0.2) is 47.0 Å². The number of hydrogen-bond donors (Lipinski definition) is 2. The average molecular weight is 422 g/mol. The Morgan fingerprint density at radius 2 is 1.97 bits per heavy atom. The lowest BCUT2D eigenvalue weighted by molar-refractivity contribution is -0.120. The molecule has 1 aromatic carbocycles. The number of amides is 1. The molecule has 4 rings (SSSR count). The molecular weight excluding hydrogens is 390 g/mol. The topological polar surface area (TPSA) is 81.1 Å². The SMILES string of the molecule is COCCNC1CCC(C(=O)Nc2cc3cc(-c4cnn(C)c4)cc(C)c3cn2)CC1. The van der Waals surface area contributed by atoms with Gasteiger partial charge in [0.25, 0.3) is 0 Å². The van der Waals surface area contributed by atoms with Crippen LogP contribution in [0.25, 0.3) is 21.9 Å². The molecule has 0 atom stereocenters. The number of methoxy groups -OCH3 is 1. The minimum atomic E-state index is 0.0430. The summed E-state index contributed by atoms with van der Waals surface area (Å²) in [4.78, 5) is 17.3. The molecule has 2 aromatic heterocycles. The largest absolute Gasteiger partial charge is 0.383 e. The van der Waals surface area contributed by atoms with Crippen molar-refractivity contribution >= 4 is 22.5 Å². The molecule has 7 heteroatoms. The summed E-state index contributed by atoms with van der Waals surface area (Å²) in [6, 6.07) is 6.73. The zero-order valence-electron chi connectivity index (χ0n) is 18.5. The molecule has 0 radical (unpaired) electrons. The molecule has 1 saturated carbocycles. The highest BCUT2D eigenvalue weighted by Gasteiger charge is 2.26. The van der Waals surface area contributed by atoms with Crippen molar-refractivity contribution in [1.29, 1.82) is 0 Å². The van der Waals surface area contributed by atoms with Crippen LogP contribution in [-0.2, 0) is 16.6 Å². The minimum absolute atomic E-state index is 0.0430. The van der Waals surface area contributed by atoms with Gasteiger partial charge < -0.3 is 15.4 Å². The molecule has 164 valence electrons. The molecule has 1 fully saturated rings. The van der Waals surface area contributed by atoms with E-state index in [1.807, 2.05) is 31.7 Å². The molecule has 2 heterocycles. The van der Waals surface area contributed by atoms with Crippen molar-refractivity contribution in [1.82, 2.24) is 20.1 Å². The van der Waals surface area contributed by atoms with Crippen LogP contribution >= 0.6 is 0 Å². The summed E-state index contributed by atoms with van der Waals surface area (Å²) in [7, 11) is 3.63. The molecule has 0 unspecified atom stereocenters. The maximum absolute atomic E-state index is 12.8. The van der Waals surface area contributed by atoms with Gasteiger partial charge >= 0.3 is 0 Å². The first-order valence-corrected chi connectivity index (χ1v) is 11.0. The molecule has 31 heavy (non-hydrogen) atoms. The summed E-state index contributed by atoms with van der Waals surface area (Å²) in [5.74, 6) is 0.726. The first-order valence-electron chi connectivity index (χ1n) is 11.0. The number of ether oxygens (including phenoxy) is 1. The first-order chi connectivity index (χ1) is 15.0. The number of carbonyl (C=O) groups is 1. The maximum atomic E-state index is 12.8. The third kappa shape index (κ3) is 5.11. The van der Waals surface area contributed by atoms with Gasteiger partial charge in [-0.15, -0.1) is 0 Å². The van der Waals surface area contributed by atoms with Gasteiger partial charge in [0.2, 0.25) is 5.91 Å². The fraction of sp³-hybridized carbons (Fsp3) is 0.458. The summed E-state index contributed by atoms with van der Waals surface area (Å²) >= 11 is 0. The smallest absolute Gasteiger partial charge is 0.228 e. The highest BCUT2D eigenvalue weighted by atomic mass is 16.5. The van der Waals surface area contributed by atoms with Gasteiger partial charge in [0, 0.05) is 56.0 Å². The number of aromatic nitrogens is 3. The summed E-state index contributed by atoms with van der Waals surface area (Å²) in [6.45, 7) is 3.66. The molecule has 3 aromatic rings. The van der Waals surface area contributed by atoms with E-state index in [2.05, 4.69) is 39.8 Å². The molecule has 2 N–H and O–H groups in total. The van der Waals surface area contributed by atoms with Crippen molar-refractivity contribution < 1.29 is 9.53 Å². The molecule has 0 bridgehead atoms. The molecule has 1 aliphatic carbocycles. The molecule has 0 spiro atoms. The number of aryl methyl sites for hydroxylation is 2. The number of fused-ring (bicyclic) bond motifs is 1. The molecule has 0 aliphatic heterocycles. The second-order valence-electron chi connectivity index (χ2n) is 8.47. The van der Waals surface area contributed by atoms with Crippen molar-refractivity contribution in [3.63, 3.8) is 0 Å². The second kappa shape index (κ2) is 9.58. The monoisotopic (exact) mass is 421 g/mol. The summed E-state index contributed by atoms with van der Waals surface area (Å²) in [5.41, 5.74) is 3.34. The van der Waals surface area contributed by atoms with E-state index in [4.69, 9.17) is 4.74 Å². The second-order valence-corrected chi connectivity index (χ2v) is 8.47. The highest BCUT2D eigenvalue weighted by Crippen LogP contribution is 2.29. The summed E-state index contributed by atoms with van der Waals surface area (Å²) in [6.07, 6.45) is 9.55. The molecule has 1 amide bonds. The van der Waals surface area contributed by atoms with Crippen molar-refractivity contribution in [3.8, 4) is 11.1 Å². The summed E-state index contributed by atoms with van der Waals surface area (Å²) < 4.78 is 6.89. The Morgan fingerprint density at radius 1 is 1.16 bits per heavy atom. The zero-order chi connectivity index (χ0) is 21.8. The van der Waals surface area contributed by atoms with Gasteiger partial charge in [-0.05, 0) is 61.3 Å². The zero-order valence-corrected chi connectivity index (χ0v) is 18.5. The first kappa shape index (κ1) is 21.5. The fourth-order valence-corrected chi connectivity index (χ4v) is 4.40. The van der Waals surface area contributed by atoms with Crippen molar-refractivity contribution in [2.75, 3.05) is 25.6 Å². The van der Waals surface area contributed by atoms with Crippen LogP contribution in [0.3, 0.4) is 0 Å². The quantitative estimate of drug-likeness (QED) is 0.569. The van der Waals surface area contributed by atoms with Crippen LogP contribution in [0.1, 0.15) is 31.2 Å². The number of hydrogen-bond acceptors (Lipinski definition) is 5. The lowest BCUT2D eigenvalue weighted by Gasteiger charge is -2.28. The number of nitrogens with one attached hydrogen (secondary N) is 2. The maximum Gasteiger partial charge on any atom is 0.228 e. The van der Waals surface area contributed by atoms with Crippen LogP contribution in [0.2, 0.25) is 0 Å². The van der Waals surface area contributed by atoms with Crippen LogP contribution < -0.4 is 10.6 Å². The van der Waals surface area contributed by atoms with Gasteiger partial charge in [-0.3, -0.25) is 9.48 Å². The third-order valence-corrected chi connectivity index (χ3v) is 6.17. The van der Waals surface area contributed by atoms with Gasteiger partial charge in [-0.2, -0.15) is 5.10 Å². The van der Waals surface area contributed by atoms with E-state index in [-0.39, 0.29) is 11.8 Å². The normalized spacial score (nSPS) is 18.9. The van der Waals surface area contributed by atoms with Crippen molar-refractivity contribution in [3.05, 3.63) is 42.4 Å². The predicted molar refractivity (Wildman–Crippen MR) is 123 cm³/mol. The molecular formula is C24H31N5O2. The Balaban J connectivity index is 1.43. The van der Waals surface area contributed by atoms with Gasteiger partial charge in [0.1, 0.15) is 5.82 Å². The number of rotatable bonds is 7. The summed E-state index contributed by atoms with van der Waals surface area (Å²) in [5, 5.41) is 13.0. The molecule has 0 saturated heterocycles. The van der Waals surface area contributed by atoms with Crippen LogP contribution in [0, 0.1) is 12.8 Å². The van der Waals surface area contributed by atoms with Gasteiger partial charge in [0.15, 0.2) is 0 Å².